The molecule has 1 saturated heterocycles. The van der Waals surface area contributed by atoms with E-state index in [0.29, 0.717) is 12.0 Å². The lowest BCUT2D eigenvalue weighted by atomic mass is 10.1. The number of anilines is 2. The minimum Gasteiger partial charge on any atom is -0.337 e. The van der Waals surface area contributed by atoms with Crippen molar-refractivity contribution in [3.8, 4) is 0 Å². The number of nitrogens with zero attached hydrogens (tertiary/aromatic N) is 6. The summed E-state index contributed by atoms with van der Waals surface area (Å²) in [5, 5.41) is 3.17. The summed E-state index contributed by atoms with van der Waals surface area (Å²) in [6.45, 7) is 2.01. The number of imidazole rings is 1. The highest BCUT2D eigenvalue weighted by Gasteiger charge is 2.27. The largest absolute Gasteiger partial charge is 0.337 e. The fourth-order valence-electron chi connectivity index (χ4n) is 3.34. The molecule has 0 aliphatic carbocycles. The van der Waals surface area contributed by atoms with Crippen LogP contribution in [0.15, 0.2) is 49.3 Å². The summed E-state index contributed by atoms with van der Waals surface area (Å²) >= 11 is 0. The van der Waals surface area contributed by atoms with Gasteiger partial charge in [-0.2, -0.15) is 0 Å². The first-order chi connectivity index (χ1) is 12.3. The Balaban J connectivity index is 1.52. The second kappa shape index (κ2) is 6.98. The summed E-state index contributed by atoms with van der Waals surface area (Å²) in [7, 11) is 2.04. The predicted octanol–water partition coefficient (Wildman–Crippen LogP) is 2.69. The van der Waals surface area contributed by atoms with Gasteiger partial charge in [-0.25, -0.2) is 19.9 Å². The highest BCUT2D eigenvalue weighted by molar-refractivity contribution is 5.48. The number of hydrogen-bond acceptors (Lipinski definition) is 6. The first-order valence-corrected chi connectivity index (χ1v) is 8.49. The monoisotopic (exact) mass is 335 g/mol. The van der Waals surface area contributed by atoms with Gasteiger partial charge in [-0.1, -0.05) is 0 Å². The van der Waals surface area contributed by atoms with E-state index in [-0.39, 0.29) is 0 Å². The van der Waals surface area contributed by atoms with Crippen LogP contribution in [0.2, 0.25) is 0 Å². The maximum Gasteiger partial charge on any atom is 0.228 e. The van der Waals surface area contributed by atoms with E-state index in [1.807, 2.05) is 25.8 Å². The third-order valence-electron chi connectivity index (χ3n) is 4.62. The lowest BCUT2D eigenvalue weighted by Gasteiger charge is -2.25. The average Bonchev–Trinajstić information content (AvgIpc) is 3.26. The molecule has 3 aromatic rings. The zero-order valence-corrected chi connectivity index (χ0v) is 14.2. The van der Waals surface area contributed by atoms with Crippen molar-refractivity contribution in [2.45, 2.75) is 25.4 Å². The van der Waals surface area contributed by atoms with Gasteiger partial charge in [-0.15, -0.1) is 0 Å². The fourth-order valence-corrected chi connectivity index (χ4v) is 3.34. The van der Waals surface area contributed by atoms with Gasteiger partial charge in [0.2, 0.25) is 5.95 Å². The number of aryl methyl sites for hydroxylation is 1. The smallest absolute Gasteiger partial charge is 0.228 e. The molecule has 7 heteroatoms. The van der Waals surface area contributed by atoms with E-state index in [0.717, 1.165) is 25.3 Å². The van der Waals surface area contributed by atoms with Crippen LogP contribution in [0.3, 0.4) is 0 Å². The Morgan fingerprint density at radius 1 is 1.20 bits per heavy atom. The molecular formula is C18H21N7. The summed E-state index contributed by atoms with van der Waals surface area (Å²) in [6.07, 6.45) is 11.4. The van der Waals surface area contributed by atoms with E-state index in [1.165, 1.54) is 17.7 Å². The minimum absolute atomic E-state index is 0.398. The normalized spacial score (nSPS) is 17.7. The van der Waals surface area contributed by atoms with Crippen molar-refractivity contribution in [1.82, 2.24) is 29.4 Å². The molecule has 1 aliphatic heterocycles. The summed E-state index contributed by atoms with van der Waals surface area (Å²) < 4.78 is 2.08. The second-order valence-corrected chi connectivity index (χ2v) is 6.30. The summed E-state index contributed by atoms with van der Waals surface area (Å²) in [4.78, 5) is 19.5. The molecule has 0 spiro atoms. The van der Waals surface area contributed by atoms with Gasteiger partial charge in [-0.05, 0) is 43.1 Å². The molecule has 1 N–H and O–H groups in total. The Morgan fingerprint density at radius 2 is 2.08 bits per heavy atom. The predicted molar refractivity (Wildman–Crippen MR) is 95.1 cm³/mol. The van der Waals surface area contributed by atoms with Crippen LogP contribution in [0.5, 0.6) is 0 Å². The first-order valence-electron chi connectivity index (χ1n) is 8.49. The Hall–Kier alpha value is -2.80. The van der Waals surface area contributed by atoms with E-state index < -0.39 is 0 Å². The van der Waals surface area contributed by atoms with Crippen molar-refractivity contribution < 1.29 is 0 Å². The van der Waals surface area contributed by atoms with Crippen LogP contribution in [0, 0.1) is 0 Å². The molecule has 7 nitrogen and oxygen atoms in total. The molecule has 3 aromatic heterocycles. The maximum atomic E-state index is 4.40. The van der Waals surface area contributed by atoms with Gasteiger partial charge >= 0.3 is 0 Å². The molecule has 1 atom stereocenters. The highest BCUT2D eigenvalue weighted by atomic mass is 15.2. The van der Waals surface area contributed by atoms with Crippen molar-refractivity contribution >= 4 is 11.8 Å². The number of nitrogens with one attached hydrogen (secondary N) is 1. The van der Waals surface area contributed by atoms with E-state index >= 15 is 0 Å². The molecular weight excluding hydrogens is 314 g/mol. The molecule has 1 fully saturated rings. The van der Waals surface area contributed by atoms with E-state index in [9.17, 15) is 0 Å². The quantitative estimate of drug-likeness (QED) is 0.773. The lowest BCUT2D eigenvalue weighted by Crippen LogP contribution is -2.24. The molecule has 0 aromatic carbocycles. The molecule has 4 heterocycles. The highest BCUT2D eigenvalue weighted by Crippen LogP contribution is 2.33. The summed E-state index contributed by atoms with van der Waals surface area (Å²) in [5.74, 6) is 1.33. The average molecular weight is 335 g/mol. The zero-order chi connectivity index (χ0) is 17.1. The van der Waals surface area contributed by atoms with Crippen LogP contribution >= 0.6 is 0 Å². The Labute approximate surface area is 146 Å². The molecule has 4 rings (SSSR count). The standard InChI is InChI=1S/C18H21N7/c1-24-13-19-11-15(24)12-25-9-2-4-16(25)14-5-8-20-17(10-14)23-18-21-6-3-7-22-18/h3,5-8,10-11,13,16H,2,4,9,12H2,1H3,(H,20,21,22,23)/t16-/m1/s1. The van der Waals surface area contributed by atoms with Crippen LogP contribution in [0.25, 0.3) is 0 Å². The van der Waals surface area contributed by atoms with E-state index in [4.69, 9.17) is 0 Å². The maximum absolute atomic E-state index is 4.40. The van der Waals surface area contributed by atoms with Crippen LogP contribution < -0.4 is 5.32 Å². The van der Waals surface area contributed by atoms with Gasteiger partial charge in [0.1, 0.15) is 5.82 Å². The fraction of sp³-hybridized carbons (Fsp3) is 0.333. The molecule has 0 radical (unpaired) electrons. The van der Waals surface area contributed by atoms with Crippen molar-refractivity contribution in [3.05, 3.63) is 60.6 Å². The number of pyridine rings is 1. The third-order valence-corrected chi connectivity index (χ3v) is 4.62. The Bertz CT molecular complexity index is 830. The van der Waals surface area contributed by atoms with Crippen LogP contribution in [-0.4, -0.2) is 35.9 Å². The molecule has 128 valence electrons. The van der Waals surface area contributed by atoms with Crippen molar-refractivity contribution in [1.29, 1.82) is 0 Å². The van der Waals surface area contributed by atoms with Gasteiger partial charge in [0, 0.05) is 44.4 Å². The number of likely N-dealkylation sites (tertiary alicyclic amines) is 1. The van der Waals surface area contributed by atoms with E-state index in [2.05, 4.69) is 46.9 Å². The minimum atomic E-state index is 0.398. The first kappa shape index (κ1) is 15.7. The van der Waals surface area contributed by atoms with Gasteiger partial charge in [0.15, 0.2) is 0 Å². The van der Waals surface area contributed by atoms with Crippen LogP contribution in [-0.2, 0) is 13.6 Å². The SMILES string of the molecule is Cn1cncc1CN1CCC[C@@H]1c1ccnc(Nc2ncccn2)c1. The van der Waals surface area contributed by atoms with Crippen molar-refractivity contribution in [3.63, 3.8) is 0 Å². The zero-order valence-electron chi connectivity index (χ0n) is 14.2. The Kier molecular flexibility index (Phi) is 4.39. The lowest BCUT2D eigenvalue weighted by molar-refractivity contribution is 0.243. The topological polar surface area (TPSA) is 71.8 Å². The van der Waals surface area contributed by atoms with Crippen LogP contribution in [0.1, 0.15) is 30.1 Å². The second-order valence-electron chi connectivity index (χ2n) is 6.30. The van der Waals surface area contributed by atoms with Gasteiger partial charge < -0.3 is 9.88 Å². The van der Waals surface area contributed by atoms with Crippen molar-refractivity contribution in [2.24, 2.45) is 7.05 Å². The molecule has 0 saturated carbocycles. The van der Waals surface area contributed by atoms with Gasteiger partial charge in [0.25, 0.3) is 0 Å². The van der Waals surface area contributed by atoms with Crippen molar-refractivity contribution in [2.75, 3.05) is 11.9 Å². The molecule has 0 bridgehead atoms. The van der Waals surface area contributed by atoms with Gasteiger partial charge in [0.05, 0.1) is 12.0 Å². The summed E-state index contributed by atoms with van der Waals surface area (Å²) in [5.41, 5.74) is 2.50. The van der Waals surface area contributed by atoms with E-state index in [1.54, 1.807) is 18.5 Å². The summed E-state index contributed by atoms with van der Waals surface area (Å²) in [6, 6.07) is 6.39. The third kappa shape index (κ3) is 3.51. The molecule has 25 heavy (non-hydrogen) atoms. The molecule has 1 aliphatic rings. The number of aromatic nitrogens is 5. The molecule has 0 unspecified atom stereocenters. The van der Waals surface area contributed by atoms with Gasteiger partial charge in [-0.3, -0.25) is 4.90 Å². The number of hydrogen-bond donors (Lipinski definition) is 1. The number of rotatable bonds is 5. The van der Waals surface area contributed by atoms with Crippen LogP contribution in [0.4, 0.5) is 11.8 Å². The Morgan fingerprint density at radius 3 is 2.88 bits per heavy atom. The molecule has 0 amide bonds.